The van der Waals surface area contributed by atoms with Gasteiger partial charge in [-0.05, 0) is 19.8 Å². The van der Waals surface area contributed by atoms with Gasteiger partial charge in [0.2, 0.25) is 11.8 Å². The Balaban J connectivity index is 2.62. The fraction of sp³-hybridized carbons (Fsp3) is 0.846. The van der Waals surface area contributed by atoms with Gasteiger partial charge in [0.25, 0.3) is 0 Å². The van der Waals surface area contributed by atoms with Gasteiger partial charge in [0.1, 0.15) is 0 Å². The molecule has 0 bridgehead atoms. The van der Waals surface area contributed by atoms with E-state index < -0.39 is 5.54 Å². The predicted molar refractivity (Wildman–Crippen MR) is 71.0 cm³/mol. The van der Waals surface area contributed by atoms with Crippen LogP contribution in [0.3, 0.4) is 0 Å². The van der Waals surface area contributed by atoms with Crippen LogP contribution in [-0.2, 0) is 9.59 Å². The van der Waals surface area contributed by atoms with E-state index in [-0.39, 0.29) is 11.8 Å². The molecule has 1 aliphatic rings. The summed E-state index contributed by atoms with van der Waals surface area (Å²) < 4.78 is 0. The van der Waals surface area contributed by atoms with E-state index in [1.165, 1.54) is 0 Å². The molecule has 18 heavy (non-hydrogen) atoms. The maximum atomic E-state index is 12.3. The van der Waals surface area contributed by atoms with Crippen molar-refractivity contribution in [3.8, 4) is 0 Å². The van der Waals surface area contributed by atoms with Gasteiger partial charge >= 0.3 is 0 Å². The molecule has 1 rings (SSSR count). The Hall–Kier alpha value is -1.10. The Labute approximate surface area is 109 Å². The Morgan fingerprint density at radius 2 is 1.72 bits per heavy atom. The van der Waals surface area contributed by atoms with Gasteiger partial charge in [-0.15, -0.1) is 0 Å². The van der Waals surface area contributed by atoms with Crippen LogP contribution in [0.1, 0.15) is 40.0 Å². The van der Waals surface area contributed by atoms with Crippen molar-refractivity contribution in [2.75, 3.05) is 26.2 Å². The summed E-state index contributed by atoms with van der Waals surface area (Å²) in [5, 5.41) is 0. The minimum atomic E-state index is -0.778. The molecule has 1 fully saturated rings. The molecule has 2 N–H and O–H groups in total. The van der Waals surface area contributed by atoms with E-state index in [0.717, 1.165) is 19.4 Å². The van der Waals surface area contributed by atoms with Gasteiger partial charge in [-0.2, -0.15) is 0 Å². The van der Waals surface area contributed by atoms with Gasteiger partial charge in [-0.1, -0.05) is 13.3 Å². The molecule has 1 aliphatic heterocycles. The molecular weight excluding hydrogens is 230 g/mol. The van der Waals surface area contributed by atoms with Crippen molar-refractivity contribution < 1.29 is 9.59 Å². The predicted octanol–water partition coefficient (Wildman–Crippen LogP) is 0.585. The lowest BCUT2D eigenvalue weighted by molar-refractivity contribution is -0.137. The van der Waals surface area contributed by atoms with Crippen LogP contribution < -0.4 is 5.73 Å². The van der Waals surface area contributed by atoms with E-state index in [1.54, 1.807) is 23.6 Å². The number of hydrogen-bond acceptors (Lipinski definition) is 3. The molecule has 5 heteroatoms. The van der Waals surface area contributed by atoms with Crippen LogP contribution in [0.5, 0.6) is 0 Å². The fourth-order valence-electron chi connectivity index (χ4n) is 2.42. The lowest BCUT2D eigenvalue weighted by atomic mass is 9.95. The van der Waals surface area contributed by atoms with Crippen molar-refractivity contribution in [3.05, 3.63) is 0 Å². The molecule has 1 heterocycles. The highest BCUT2D eigenvalue weighted by molar-refractivity contribution is 5.85. The first-order chi connectivity index (χ1) is 8.38. The molecule has 1 atom stereocenters. The highest BCUT2D eigenvalue weighted by Crippen LogP contribution is 2.14. The highest BCUT2D eigenvalue weighted by Gasteiger charge is 2.32. The summed E-state index contributed by atoms with van der Waals surface area (Å²) in [6.07, 6.45) is 2.42. The molecule has 0 aliphatic carbocycles. The van der Waals surface area contributed by atoms with Crippen LogP contribution in [0, 0.1) is 0 Å². The number of hydrogen-bond donors (Lipinski definition) is 1. The third-order valence-corrected chi connectivity index (χ3v) is 3.49. The quantitative estimate of drug-likeness (QED) is 0.802. The molecule has 1 unspecified atom stereocenters. The van der Waals surface area contributed by atoms with Crippen LogP contribution in [-0.4, -0.2) is 53.3 Å². The summed E-state index contributed by atoms with van der Waals surface area (Å²) in [4.78, 5) is 27.3. The average molecular weight is 255 g/mol. The van der Waals surface area contributed by atoms with Crippen LogP contribution in [0.25, 0.3) is 0 Å². The van der Waals surface area contributed by atoms with E-state index in [1.807, 2.05) is 6.92 Å². The first-order valence-corrected chi connectivity index (χ1v) is 6.72. The zero-order chi connectivity index (χ0) is 13.8. The molecule has 104 valence electrons. The summed E-state index contributed by atoms with van der Waals surface area (Å²) in [6.45, 7) is 8.03. The summed E-state index contributed by atoms with van der Waals surface area (Å²) in [7, 11) is 0. The molecule has 1 saturated heterocycles. The second-order valence-electron chi connectivity index (χ2n) is 5.32. The van der Waals surface area contributed by atoms with E-state index >= 15 is 0 Å². The maximum absolute atomic E-state index is 12.3. The number of carbonyl (C=O) groups is 2. The standard InChI is InChI=1S/C13H25N3O2/c1-4-6-13(3,14)12(18)16-8-5-7-15(9-10-16)11(2)17/h4-10,14H2,1-3H3. The zero-order valence-electron chi connectivity index (χ0n) is 11.7. The highest BCUT2D eigenvalue weighted by atomic mass is 16.2. The number of nitrogens with zero attached hydrogens (tertiary/aromatic N) is 2. The zero-order valence-corrected chi connectivity index (χ0v) is 11.7. The monoisotopic (exact) mass is 255 g/mol. The van der Waals surface area contributed by atoms with Gasteiger partial charge in [-0.3, -0.25) is 9.59 Å². The lowest BCUT2D eigenvalue weighted by Crippen LogP contribution is -2.54. The van der Waals surface area contributed by atoms with Gasteiger partial charge in [0, 0.05) is 33.1 Å². The van der Waals surface area contributed by atoms with Crippen LogP contribution in [0.4, 0.5) is 0 Å². The Bertz CT molecular complexity index is 315. The largest absolute Gasteiger partial charge is 0.341 e. The summed E-state index contributed by atoms with van der Waals surface area (Å²) in [5.74, 6) is 0.0862. The summed E-state index contributed by atoms with van der Waals surface area (Å²) in [5.41, 5.74) is 5.30. The van der Waals surface area contributed by atoms with E-state index in [9.17, 15) is 9.59 Å². The molecule has 0 aromatic heterocycles. The summed E-state index contributed by atoms with van der Waals surface area (Å²) in [6, 6.07) is 0. The average Bonchev–Trinajstić information content (AvgIpc) is 2.53. The Morgan fingerprint density at radius 1 is 1.17 bits per heavy atom. The first kappa shape index (κ1) is 15.0. The fourth-order valence-corrected chi connectivity index (χ4v) is 2.42. The van der Waals surface area contributed by atoms with Crippen LogP contribution in [0.15, 0.2) is 0 Å². The maximum Gasteiger partial charge on any atom is 0.242 e. The number of carbonyl (C=O) groups excluding carboxylic acids is 2. The molecular formula is C13H25N3O2. The molecule has 0 spiro atoms. The molecule has 0 aromatic rings. The molecule has 5 nitrogen and oxygen atoms in total. The lowest BCUT2D eigenvalue weighted by Gasteiger charge is -2.30. The molecule has 0 saturated carbocycles. The van der Waals surface area contributed by atoms with Crippen LogP contribution >= 0.6 is 0 Å². The molecule has 0 radical (unpaired) electrons. The molecule has 0 aromatic carbocycles. The van der Waals surface area contributed by atoms with Crippen molar-refractivity contribution in [2.24, 2.45) is 5.73 Å². The summed E-state index contributed by atoms with van der Waals surface area (Å²) >= 11 is 0. The Kier molecular flexibility index (Phi) is 5.14. The van der Waals surface area contributed by atoms with E-state index in [0.29, 0.717) is 26.1 Å². The number of amides is 2. The van der Waals surface area contributed by atoms with Gasteiger partial charge in [0.15, 0.2) is 0 Å². The SMILES string of the molecule is CCCC(C)(N)C(=O)N1CCCN(C(C)=O)CC1. The second kappa shape index (κ2) is 6.18. The Morgan fingerprint density at radius 3 is 2.28 bits per heavy atom. The second-order valence-corrected chi connectivity index (χ2v) is 5.32. The smallest absolute Gasteiger partial charge is 0.242 e. The van der Waals surface area contributed by atoms with Gasteiger partial charge in [0.05, 0.1) is 5.54 Å². The van der Waals surface area contributed by atoms with Crippen molar-refractivity contribution in [1.29, 1.82) is 0 Å². The van der Waals surface area contributed by atoms with Crippen molar-refractivity contribution in [1.82, 2.24) is 9.80 Å². The molecule has 2 amide bonds. The third kappa shape index (κ3) is 3.70. The first-order valence-electron chi connectivity index (χ1n) is 6.72. The topological polar surface area (TPSA) is 66.6 Å². The minimum Gasteiger partial charge on any atom is -0.341 e. The van der Waals surface area contributed by atoms with Gasteiger partial charge in [-0.25, -0.2) is 0 Å². The van der Waals surface area contributed by atoms with E-state index in [4.69, 9.17) is 5.73 Å². The normalized spacial score (nSPS) is 20.2. The number of rotatable bonds is 3. The van der Waals surface area contributed by atoms with E-state index in [2.05, 4.69) is 0 Å². The number of nitrogens with two attached hydrogens (primary N) is 1. The van der Waals surface area contributed by atoms with Crippen molar-refractivity contribution in [3.63, 3.8) is 0 Å². The van der Waals surface area contributed by atoms with Crippen molar-refractivity contribution >= 4 is 11.8 Å². The van der Waals surface area contributed by atoms with Crippen molar-refractivity contribution in [2.45, 2.75) is 45.6 Å². The van der Waals surface area contributed by atoms with Gasteiger partial charge < -0.3 is 15.5 Å². The third-order valence-electron chi connectivity index (χ3n) is 3.49. The van der Waals surface area contributed by atoms with Crippen LogP contribution in [0.2, 0.25) is 0 Å². The minimum absolute atomic E-state index is 0.00903.